The largest absolute Gasteiger partial charge is 0.347 e. The van der Waals surface area contributed by atoms with E-state index < -0.39 is 0 Å². The standard InChI is InChI=1S/C21H28N4O2/c1-15(25-13-5-6-14-25)20(26)23-17-11-9-16(10-12-17)21(27)24-19-8-4-2-3-7-18(19)22/h2-4,7,9,11-12,15-16,19,22H,5-6,8,10,13-14H2,1H3,(H,23,26)(H,24,27). The second-order valence-electron chi connectivity index (χ2n) is 7.31. The topological polar surface area (TPSA) is 85.3 Å². The van der Waals surface area contributed by atoms with E-state index in [-0.39, 0.29) is 29.8 Å². The summed E-state index contributed by atoms with van der Waals surface area (Å²) in [7, 11) is 0. The molecule has 1 heterocycles. The highest BCUT2D eigenvalue weighted by Crippen LogP contribution is 2.17. The molecule has 144 valence electrons. The maximum Gasteiger partial charge on any atom is 0.241 e. The summed E-state index contributed by atoms with van der Waals surface area (Å²) in [5.74, 6) is -0.358. The van der Waals surface area contributed by atoms with Crippen LogP contribution in [0.25, 0.3) is 0 Å². The Hall–Kier alpha value is -2.47. The molecule has 3 atom stereocenters. The smallest absolute Gasteiger partial charge is 0.241 e. The second kappa shape index (κ2) is 8.95. The van der Waals surface area contributed by atoms with Crippen molar-refractivity contribution in [1.82, 2.24) is 15.5 Å². The van der Waals surface area contributed by atoms with Crippen molar-refractivity contribution in [1.29, 1.82) is 5.41 Å². The van der Waals surface area contributed by atoms with Crippen molar-refractivity contribution >= 4 is 17.5 Å². The summed E-state index contributed by atoms with van der Waals surface area (Å²) in [6.07, 6.45) is 16.4. The lowest BCUT2D eigenvalue weighted by Crippen LogP contribution is -2.44. The molecule has 0 aromatic heterocycles. The van der Waals surface area contributed by atoms with Gasteiger partial charge in [-0.3, -0.25) is 14.5 Å². The van der Waals surface area contributed by atoms with Crippen LogP contribution in [-0.2, 0) is 9.59 Å². The normalized spacial score (nSPS) is 26.4. The minimum Gasteiger partial charge on any atom is -0.347 e. The van der Waals surface area contributed by atoms with Gasteiger partial charge in [0.15, 0.2) is 0 Å². The van der Waals surface area contributed by atoms with E-state index in [9.17, 15) is 9.59 Å². The number of hydrogen-bond acceptors (Lipinski definition) is 4. The molecular weight excluding hydrogens is 340 g/mol. The van der Waals surface area contributed by atoms with E-state index in [0.29, 0.717) is 18.6 Å². The molecule has 1 saturated heterocycles. The van der Waals surface area contributed by atoms with Crippen molar-refractivity contribution in [2.75, 3.05) is 13.1 Å². The molecule has 0 spiro atoms. The fraction of sp³-hybridized carbons (Fsp3) is 0.476. The molecule has 27 heavy (non-hydrogen) atoms. The highest BCUT2D eigenvalue weighted by atomic mass is 16.2. The predicted molar refractivity (Wildman–Crippen MR) is 106 cm³/mol. The van der Waals surface area contributed by atoms with Gasteiger partial charge in [-0.25, -0.2) is 0 Å². The average Bonchev–Trinajstić information content (AvgIpc) is 3.13. The average molecular weight is 368 g/mol. The van der Waals surface area contributed by atoms with Crippen LogP contribution in [0.4, 0.5) is 0 Å². The van der Waals surface area contributed by atoms with Crippen molar-refractivity contribution < 1.29 is 9.59 Å². The zero-order valence-electron chi connectivity index (χ0n) is 15.8. The van der Waals surface area contributed by atoms with E-state index in [1.165, 1.54) is 0 Å². The number of nitrogens with one attached hydrogen (secondary N) is 3. The van der Waals surface area contributed by atoms with E-state index in [4.69, 9.17) is 5.41 Å². The number of allylic oxidation sites excluding steroid dienone is 4. The monoisotopic (exact) mass is 368 g/mol. The van der Waals surface area contributed by atoms with Gasteiger partial charge in [0.1, 0.15) is 0 Å². The summed E-state index contributed by atoms with van der Waals surface area (Å²) in [6.45, 7) is 3.90. The van der Waals surface area contributed by atoms with Crippen LogP contribution in [0, 0.1) is 11.3 Å². The van der Waals surface area contributed by atoms with Crippen LogP contribution >= 0.6 is 0 Å². The molecule has 2 amide bonds. The van der Waals surface area contributed by atoms with Gasteiger partial charge < -0.3 is 16.0 Å². The Balaban J connectivity index is 1.49. The summed E-state index contributed by atoms with van der Waals surface area (Å²) in [4.78, 5) is 27.1. The Morgan fingerprint density at radius 2 is 1.96 bits per heavy atom. The summed E-state index contributed by atoms with van der Waals surface area (Å²) in [6, 6.07) is -0.419. The number of likely N-dealkylation sites (tertiary alicyclic amines) is 1. The predicted octanol–water partition coefficient (Wildman–Crippen LogP) is 2.07. The quantitative estimate of drug-likeness (QED) is 0.694. The molecule has 0 aromatic carbocycles. The zero-order valence-corrected chi connectivity index (χ0v) is 15.8. The lowest BCUT2D eigenvalue weighted by Gasteiger charge is -2.24. The number of amides is 2. The first-order valence-corrected chi connectivity index (χ1v) is 9.70. The van der Waals surface area contributed by atoms with Gasteiger partial charge >= 0.3 is 0 Å². The Morgan fingerprint density at radius 1 is 1.19 bits per heavy atom. The van der Waals surface area contributed by atoms with Crippen LogP contribution < -0.4 is 10.6 Å². The van der Waals surface area contributed by atoms with E-state index in [0.717, 1.165) is 31.6 Å². The second-order valence-corrected chi connectivity index (χ2v) is 7.31. The summed E-state index contributed by atoms with van der Waals surface area (Å²) >= 11 is 0. The molecule has 1 aliphatic heterocycles. The molecular formula is C21H28N4O2. The van der Waals surface area contributed by atoms with Crippen LogP contribution in [0.5, 0.6) is 0 Å². The van der Waals surface area contributed by atoms with Crippen LogP contribution in [0.15, 0.2) is 48.2 Å². The van der Waals surface area contributed by atoms with Gasteiger partial charge in [0.25, 0.3) is 0 Å². The Labute approximate surface area is 160 Å². The molecule has 1 fully saturated rings. The molecule has 3 aliphatic rings. The molecule has 0 aromatic rings. The molecule has 3 unspecified atom stereocenters. The maximum absolute atomic E-state index is 12.5. The highest BCUT2D eigenvalue weighted by Gasteiger charge is 2.25. The van der Waals surface area contributed by atoms with Crippen LogP contribution in [0.1, 0.15) is 32.6 Å². The van der Waals surface area contributed by atoms with E-state index in [2.05, 4.69) is 15.5 Å². The molecule has 3 N–H and O–H groups in total. The molecule has 0 radical (unpaired) electrons. The van der Waals surface area contributed by atoms with Crippen molar-refractivity contribution in [2.24, 2.45) is 5.92 Å². The first-order valence-electron chi connectivity index (χ1n) is 9.70. The van der Waals surface area contributed by atoms with Gasteiger partial charge in [-0.15, -0.1) is 0 Å². The Kier molecular flexibility index (Phi) is 6.40. The zero-order chi connectivity index (χ0) is 19.2. The molecule has 6 heteroatoms. The number of nitrogens with zero attached hydrogens (tertiary/aromatic N) is 1. The van der Waals surface area contributed by atoms with E-state index >= 15 is 0 Å². The van der Waals surface area contributed by atoms with Crippen LogP contribution in [0.2, 0.25) is 0 Å². The number of rotatable bonds is 5. The van der Waals surface area contributed by atoms with Gasteiger partial charge in [0, 0.05) is 5.70 Å². The third kappa shape index (κ3) is 5.04. The summed E-state index contributed by atoms with van der Waals surface area (Å²) < 4.78 is 0. The van der Waals surface area contributed by atoms with Gasteiger partial charge in [-0.1, -0.05) is 30.4 Å². The van der Waals surface area contributed by atoms with Gasteiger partial charge in [0.2, 0.25) is 11.8 Å². The van der Waals surface area contributed by atoms with Crippen molar-refractivity contribution in [3.05, 3.63) is 48.2 Å². The van der Waals surface area contributed by atoms with Crippen LogP contribution in [0.3, 0.4) is 0 Å². The van der Waals surface area contributed by atoms with Crippen LogP contribution in [-0.4, -0.2) is 47.6 Å². The molecule has 0 bridgehead atoms. The highest BCUT2D eigenvalue weighted by molar-refractivity contribution is 6.00. The minimum absolute atomic E-state index is 0.00109. The Bertz CT molecular complexity index is 714. The fourth-order valence-electron chi connectivity index (χ4n) is 3.56. The third-order valence-electron chi connectivity index (χ3n) is 5.36. The minimum atomic E-state index is -0.285. The van der Waals surface area contributed by atoms with E-state index in [1.807, 2.05) is 37.3 Å². The molecule has 2 aliphatic carbocycles. The van der Waals surface area contributed by atoms with Crippen molar-refractivity contribution in [2.45, 2.75) is 44.7 Å². The molecule has 3 rings (SSSR count). The third-order valence-corrected chi connectivity index (χ3v) is 5.36. The number of hydrogen-bond donors (Lipinski definition) is 3. The van der Waals surface area contributed by atoms with Crippen molar-refractivity contribution in [3.63, 3.8) is 0 Å². The Morgan fingerprint density at radius 3 is 2.67 bits per heavy atom. The van der Waals surface area contributed by atoms with Gasteiger partial charge in [-0.05, 0) is 57.8 Å². The maximum atomic E-state index is 12.5. The van der Waals surface area contributed by atoms with Crippen molar-refractivity contribution in [3.8, 4) is 0 Å². The number of carbonyl (C=O) groups is 2. The molecule has 0 saturated carbocycles. The first-order chi connectivity index (χ1) is 13.0. The molecule has 6 nitrogen and oxygen atoms in total. The number of carbonyl (C=O) groups excluding carboxylic acids is 2. The first kappa shape index (κ1) is 19.3. The lowest BCUT2D eigenvalue weighted by atomic mass is 9.97. The summed E-state index contributed by atoms with van der Waals surface area (Å²) in [5.41, 5.74) is 1.16. The SMILES string of the molecule is CC(C(=O)NC1=CCC(C(=O)NC2CC=CC=CC2=N)C=C1)N1CCCC1. The lowest BCUT2D eigenvalue weighted by molar-refractivity contribution is -0.124. The van der Waals surface area contributed by atoms with Gasteiger partial charge in [0.05, 0.1) is 23.7 Å². The fourth-order valence-corrected chi connectivity index (χ4v) is 3.56. The summed E-state index contributed by atoms with van der Waals surface area (Å²) in [5, 5.41) is 13.9. The van der Waals surface area contributed by atoms with Gasteiger partial charge in [-0.2, -0.15) is 0 Å². The van der Waals surface area contributed by atoms with E-state index in [1.54, 1.807) is 12.2 Å².